The van der Waals surface area contributed by atoms with Gasteiger partial charge >= 0.3 is 12.1 Å². The van der Waals surface area contributed by atoms with Crippen LogP contribution in [0.4, 0.5) is 24.5 Å². The molecule has 0 aliphatic carbocycles. The molecule has 0 heterocycles. The molecule has 0 aliphatic heterocycles. The van der Waals surface area contributed by atoms with E-state index in [0.717, 1.165) is 12.1 Å². The van der Waals surface area contributed by atoms with Crippen molar-refractivity contribution in [2.45, 2.75) is 38.9 Å². The zero-order chi connectivity index (χ0) is 26.3. The number of amides is 2. The van der Waals surface area contributed by atoms with Gasteiger partial charge in [0.2, 0.25) is 5.91 Å². The minimum Gasteiger partial charge on any atom is -0.480 e. The molecule has 2 rings (SSSR count). The second-order valence-electron chi connectivity index (χ2n) is 8.25. The first-order valence-electron chi connectivity index (χ1n) is 10.5. The minimum atomic E-state index is -4.73. The Morgan fingerprint density at radius 2 is 1.66 bits per heavy atom. The lowest BCUT2D eigenvalue weighted by Gasteiger charge is -2.16. The van der Waals surface area contributed by atoms with Crippen molar-refractivity contribution in [2.75, 3.05) is 10.6 Å². The lowest BCUT2D eigenvalue weighted by molar-refractivity contribution is -0.142. The number of nitrogens with two attached hydrogens (primary N) is 1. The molecule has 188 valence electrons. The average molecular weight is 493 g/mol. The Morgan fingerprint density at radius 3 is 2.17 bits per heavy atom. The summed E-state index contributed by atoms with van der Waals surface area (Å²) in [5.74, 6) is -2.93. The van der Waals surface area contributed by atoms with E-state index in [9.17, 15) is 32.7 Å². The molecule has 0 radical (unpaired) electrons. The molecule has 9 nitrogen and oxygen atoms in total. The Bertz CT molecular complexity index is 1100. The van der Waals surface area contributed by atoms with E-state index in [0.29, 0.717) is 11.6 Å². The van der Waals surface area contributed by atoms with E-state index < -0.39 is 35.6 Å². The van der Waals surface area contributed by atoms with Crippen LogP contribution in [0.5, 0.6) is 0 Å². The monoisotopic (exact) mass is 493 g/mol. The standard InChI is InChI=1S/C23H26F3N5O4/c1-12(2)7-19(32)31-18(21(34)35)8-13-3-5-16(6-4-13)29-20(33)14-9-15(23(24,25)26)11-17(10-14)30-22(27)28/h3-6,9-12,18H,7-8H2,1-2H3,(H,29,33)(H,31,32)(H,34,35)(H4,27,28,30)/t18-/m0/s1. The van der Waals surface area contributed by atoms with Crippen molar-refractivity contribution >= 4 is 35.1 Å². The van der Waals surface area contributed by atoms with E-state index in [-0.39, 0.29) is 41.6 Å². The molecule has 0 spiro atoms. The highest BCUT2D eigenvalue weighted by atomic mass is 19.4. The summed E-state index contributed by atoms with van der Waals surface area (Å²) in [4.78, 5) is 36.0. The summed E-state index contributed by atoms with van der Waals surface area (Å²) in [5, 5.41) is 23.8. The van der Waals surface area contributed by atoms with Gasteiger partial charge < -0.3 is 26.8 Å². The van der Waals surface area contributed by atoms with E-state index >= 15 is 0 Å². The fourth-order valence-electron chi connectivity index (χ4n) is 3.14. The Hall–Kier alpha value is -4.09. The lowest BCUT2D eigenvalue weighted by atomic mass is 10.0. The van der Waals surface area contributed by atoms with E-state index in [4.69, 9.17) is 11.1 Å². The number of carboxylic acid groups (broad SMARTS) is 1. The summed E-state index contributed by atoms with van der Waals surface area (Å²) in [6.07, 6.45) is -4.54. The Kier molecular flexibility index (Phi) is 8.81. The van der Waals surface area contributed by atoms with Crippen molar-refractivity contribution in [1.29, 1.82) is 5.41 Å². The highest BCUT2D eigenvalue weighted by Crippen LogP contribution is 2.32. The average Bonchev–Trinajstić information content (AvgIpc) is 2.72. The number of carbonyl (C=O) groups excluding carboxylic acids is 2. The Labute approximate surface area is 199 Å². The number of carboxylic acids is 1. The number of guanidine groups is 1. The molecule has 0 unspecified atom stereocenters. The number of aliphatic carboxylic acids is 1. The number of hydrogen-bond acceptors (Lipinski definition) is 4. The number of hydrogen-bond donors (Lipinski definition) is 6. The third-order valence-corrected chi connectivity index (χ3v) is 4.68. The van der Waals surface area contributed by atoms with Crippen molar-refractivity contribution in [3.05, 3.63) is 59.2 Å². The second-order valence-corrected chi connectivity index (χ2v) is 8.25. The van der Waals surface area contributed by atoms with Crippen molar-refractivity contribution in [2.24, 2.45) is 11.7 Å². The van der Waals surface area contributed by atoms with Crippen molar-refractivity contribution in [1.82, 2.24) is 5.32 Å². The molecule has 0 saturated heterocycles. The molecule has 0 saturated carbocycles. The van der Waals surface area contributed by atoms with Gasteiger partial charge in [-0.1, -0.05) is 26.0 Å². The predicted molar refractivity (Wildman–Crippen MR) is 124 cm³/mol. The highest BCUT2D eigenvalue weighted by molar-refractivity contribution is 6.05. The minimum absolute atomic E-state index is 0.00109. The van der Waals surface area contributed by atoms with E-state index in [2.05, 4.69) is 16.0 Å². The third-order valence-electron chi connectivity index (χ3n) is 4.68. The van der Waals surface area contributed by atoms with Crippen molar-refractivity contribution in [3.63, 3.8) is 0 Å². The quantitative estimate of drug-likeness (QED) is 0.232. The first-order valence-corrected chi connectivity index (χ1v) is 10.5. The van der Waals surface area contributed by atoms with Gasteiger partial charge in [0.1, 0.15) is 6.04 Å². The summed E-state index contributed by atoms with van der Waals surface area (Å²) in [7, 11) is 0. The van der Waals surface area contributed by atoms with Gasteiger partial charge in [0.25, 0.3) is 5.91 Å². The smallest absolute Gasteiger partial charge is 0.416 e. The Morgan fingerprint density at radius 1 is 1.03 bits per heavy atom. The molecule has 0 aromatic heterocycles. The van der Waals surface area contributed by atoms with Gasteiger partial charge in [-0.25, -0.2) is 4.79 Å². The van der Waals surface area contributed by atoms with Crippen LogP contribution in [0.2, 0.25) is 0 Å². The molecule has 1 atom stereocenters. The second kappa shape index (κ2) is 11.4. The molecular weight excluding hydrogens is 467 g/mol. The van der Waals surface area contributed by atoms with Crippen LogP contribution in [-0.2, 0) is 22.2 Å². The lowest BCUT2D eigenvalue weighted by Crippen LogP contribution is -2.42. The first-order chi connectivity index (χ1) is 16.2. The maximum Gasteiger partial charge on any atom is 0.416 e. The number of anilines is 2. The van der Waals surface area contributed by atoms with Gasteiger partial charge in [-0.3, -0.25) is 15.0 Å². The molecule has 7 N–H and O–H groups in total. The number of alkyl halides is 3. The van der Waals surface area contributed by atoms with Crippen molar-refractivity contribution < 1.29 is 32.7 Å². The summed E-state index contributed by atoms with van der Waals surface area (Å²) < 4.78 is 39.6. The SMILES string of the molecule is CC(C)CC(=O)N[C@@H](Cc1ccc(NC(=O)c2cc(NC(=N)N)cc(C(F)(F)F)c2)cc1)C(=O)O. The van der Waals surface area contributed by atoms with Gasteiger partial charge in [-0.15, -0.1) is 0 Å². The van der Waals surface area contributed by atoms with E-state index in [1.807, 2.05) is 13.8 Å². The van der Waals surface area contributed by atoms with Crippen LogP contribution in [0.25, 0.3) is 0 Å². The van der Waals surface area contributed by atoms with Gasteiger partial charge in [0.15, 0.2) is 5.96 Å². The molecule has 0 bridgehead atoms. The molecule has 2 aromatic rings. The van der Waals surface area contributed by atoms with Gasteiger partial charge in [0.05, 0.1) is 5.56 Å². The fourth-order valence-corrected chi connectivity index (χ4v) is 3.14. The van der Waals surface area contributed by atoms with E-state index in [1.165, 1.54) is 24.3 Å². The summed E-state index contributed by atoms with van der Waals surface area (Å²) in [6.45, 7) is 3.67. The van der Waals surface area contributed by atoms with Crippen LogP contribution in [0.3, 0.4) is 0 Å². The molecule has 2 amide bonds. The number of benzene rings is 2. The summed E-state index contributed by atoms with van der Waals surface area (Å²) in [6, 6.07) is 7.38. The molecular formula is C23H26F3N5O4. The maximum absolute atomic E-state index is 13.2. The van der Waals surface area contributed by atoms with E-state index in [1.54, 1.807) is 0 Å². The summed E-state index contributed by atoms with van der Waals surface area (Å²) in [5.41, 5.74) is 4.42. The van der Waals surface area contributed by atoms with Crippen LogP contribution in [-0.4, -0.2) is 34.9 Å². The normalized spacial score (nSPS) is 12.1. The zero-order valence-electron chi connectivity index (χ0n) is 19.0. The Balaban J connectivity index is 2.14. The first kappa shape index (κ1) is 27.2. The largest absolute Gasteiger partial charge is 0.480 e. The zero-order valence-corrected chi connectivity index (χ0v) is 19.0. The molecule has 2 aromatic carbocycles. The maximum atomic E-state index is 13.2. The van der Waals surface area contributed by atoms with Crippen LogP contribution in [0.1, 0.15) is 41.8 Å². The van der Waals surface area contributed by atoms with Crippen molar-refractivity contribution in [3.8, 4) is 0 Å². The third kappa shape index (κ3) is 8.65. The topological polar surface area (TPSA) is 157 Å². The fraction of sp³-hybridized carbons (Fsp3) is 0.304. The van der Waals surface area contributed by atoms with Gasteiger partial charge in [-0.2, -0.15) is 13.2 Å². The number of carbonyl (C=O) groups is 3. The van der Waals surface area contributed by atoms with Crippen LogP contribution >= 0.6 is 0 Å². The summed E-state index contributed by atoms with van der Waals surface area (Å²) >= 11 is 0. The molecule has 35 heavy (non-hydrogen) atoms. The molecule has 0 aliphatic rings. The van der Waals surface area contributed by atoms with Crippen LogP contribution in [0.15, 0.2) is 42.5 Å². The van der Waals surface area contributed by atoms with Gasteiger partial charge in [0, 0.05) is 29.8 Å². The van der Waals surface area contributed by atoms with Crippen LogP contribution < -0.4 is 21.7 Å². The predicted octanol–water partition coefficient (Wildman–Crippen LogP) is 3.42. The number of nitrogens with one attached hydrogen (secondary N) is 4. The number of halogens is 3. The molecule has 12 heteroatoms. The van der Waals surface area contributed by atoms with Gasteiger partial charge in [-0.05, 0) is 41.8 Å². The molecule has 0 fully saturated rings. The highest BCUT2D eigenvalue weighted by Gasteiger charge is 2.32. The van der Waals surface area contributed by atoms with Crippen LogP contribution in [0, 0.1) is 11.3 Å². The number of rotatable bonds is 9.